The van der Waals surface area contributed by atoms with Crippen molar-refractivity contribution >= 4 is 48.7 Å². The van der Waals surface area contributed by atoms with E-state index in [4.69, 9.17) is 4.74 Å². The molecule has 1 aromatic carbocycles. The fourth-order valence-corrected chi connectivity index (χ4v) is 4.31. The number of pyridine rings is 1. The van der Waals surface area contributed by atoms with Crippen LogP contribution in [0.15, 0.2) is 33.3 Å². The average molecular weight is 442 g/mol. The number of benzene rings is 1. The minimum Gasteiger partial charge on any atom is -0.480 e. The number of carbonyl (C=O) groups is 1. The van der Waals surface area contributed by atoms with E-state index in [1.165, 1.54) is 6.42 Å². The van der Waals surface area contributed by atoms with E-state index in [1.54, 1.807) is 6.20 Å². The minimum atomic E-state index is 0.0375. The maximum atomic E-state index is 12.4. The van der Waals surface area contributed by atoms with Crippen molar-refractivity contribution in [1.29, 1.82) is 0 Å². The highest BCUT2D eigenvalue weighted by Crippen LogP contribution is 2.37. The van der Waals surface area contributed by atoms with E-state index in [0.717, 1.165) is 39.4 Å². The van der Waals surface area contributed by atoms with Crippen LogP contribution in [0.4, 0.5) is 0 Å². The summed E-state index contributed by atoms with van der Waals surface area (Å²) < 4.78 is 7.56. The Morgan fingerprint density at radius 2 is 2.26 bits per heavy atom. The van der Waals surface area contributed by atoms with Gasteiger partial charge in [-0.2, -0.15) is 0 Å². The van der Waals surface area contributed by atoms with E-state index in [2.05, 4.69) is 43.8 Å². The lowest BCUT2D eigenvalue weighted by atomic mass is 10.0. The van der Waals surface area contributed by atoms with Crippen molar-refractivity contribution in [2.45, 2.75) is 19.8 Å². The van der Waals surface area contributed by atoms with Gasteiger partial charge in [0.05, 0.1) is 4.47 Å². The number of aromatic nitrogens is 1. The lowest BCUT2D eigenvalue weighted by Gasteiger charge is -2.30. The topological polar surface area (TPSA) is 42.4 Å². The number of carbonyl (C=O) groups excluding carboxylic acids is 1. The van der Waals surface area contributed by atoms with Gasteiger partial charge < -0.3 is 9.64 Å². The Labute approximate surface area is 152 Å². The maximum absolute atomic E-state index is 12.4. The Hall–Kier alpha value is -1.14. The van der Waals surface area contributed by atoms with E-state index in [9.17, 15) is 4.79 Å². The van der Waals surface area contributed by atoms with Gasteiger partial charge in [0.15, 0.2) is 12.4 Å². The third kappa shape index (κ3) is 3.69. The number of rotatable bonds is 3. The lowest BCUT2D eigenvalue weighted by molar-refractivity contribution is -0.135. The summed E-state index contributed by atoms with van der Waals surface area (Å²) in [6, 6.07) is 5.78. The van der Waals surface area contributed by atoms with Crippen LogP contribution in [-0.2, 0) is 4.79 Å². The van der Waals surface area contributed by atoms with Gasteiger partial charge in [0.2, 0.25) is 0 Å². The molecule has 4 nitrogen and oxygen atoms in total. The third-order valence-corrected chi connectivity index (χ3v) is 5.35. The van der Waals surface area contributed by atoms with Crippen molar-refractivity contribution < 1.29 is 9.53 Å². The first-order valence-electron chi connectivity index (χ1n) is 7.69. The number of amides is 1. The molecule has 0 bridgehead atoms. The molecule has 0 N–H and O–H groups in total. The van der Waals surface area contributed by atoms with Gasteiger partial charge in [-0.1, -0.05) is 28.9 Å². The number of likely N-dealkylation sites (tertiary alicyclic amines) is 1. The summed E-state index contributed by atoms with van der Waals surface area (Å²) in [6.07, 6.45) is 3.99. The molecule has 1 saturated heterocycles. The summed E-state index contributed by atoms with van der Waals surface area (Å²) in [5.74, 6) is 1.22. The van der Waals surface area contributed by atoms with E-state index >= 15 is 0 Å². The number of nitrogens with zero attached hydrogens (tertiary/aromatic N) is 2. The molecule has 0 radical (unpaired) electrons. The fourth-order valence-electron chi connectivity index (χ4n) is 2.93. The highest BCUT2D eigenvalue weighted by molar-refractivity contribution is 9.11. The monoisotopic (exact) mass is 440 g/mol. The van der Waals surface area contributed by atoms with Crippen molar-refractivity contribution in [3.8, 4) is 5.75 Å². The molecule has 1 fully saturated rings. The predicted octanol–water partition coefficient (Wildman–Crippen LogP) is 4.40. The van der Waals surface area contributed by atoms with E-state index < -0.39 is 0 Å². The molecular formula is C17H18Br2N2O2. The van der Waals surface area contributed by atoms with Gasteiger partial charge in [0.1, 0.15) is 5.52 Å². The molecule has 0 aliphatic carbocycles. The number of piperidine rings is 1. The Kier molecular flexibility index (Phi) is 5.21. The largest absolute Gasteiger partial charge is 0.480 e. The van der Waals surface area contributed by atoms with Gasteiger partial charge >= 0.3 is 0 Å². The molecule has 1 unspecified atom stereocenters. The number of halogens is 2. The van der Waals surface area contributed by atoms with Crippen LogP contribution in [-0.4, -0.2) is 35.5 Å². The second-order valence-electron chi connectivity index (χ2n) is 5.94. The fraction of sp³-hybridized carbons (Fsp3) is 0.412. The first-order chi connectivity index (χ1) is 11.1. The molecule has 1 amide bonds. The Morgan fingerprint density at radius 1 is 1.43 bits per heavy atom. The second kappa shape index (κ2) is 7.18. The van der Waals surface area contributed by atoms with Crippen LogP contribution in [0.3, 0.4) is 0 Å². The van der Waals surface area contributed by atoms with Gasteiger partial charge in [-0.05, 0) is 46.8 Å². The summed E-state index contributed by atoms with van der Waals surface area (Å²) >= 11 is 7.03. The predicted molar refractivity (Wildman–Crippen MR) is 97.6 cm³/mol. The number of ether oxygens (including phenoxy) is 1. The second-order valence-corrected chi connectivity index (χ2v) is 7.65. The van der Waals surface area contributed by atoms with E-state index in [-0.39, 0.29) is 12.5 Å². The highest BCUT2D eigenvalue weighted by atomic mass is 79.9. The van der Waals surface area contributed by atoms with Crippen molar-refractivity contribution in [3.63, 3.8) is 0 Å². The molecule has 122 valence electrons. The van der Waals surface area contributed by atoms with Gasteiger partial charge in [-0.3, -0.25) is 9.78 Å². The standard InChI is InChI=1S/C17H18Br2N2O2/c1-11-4-3-7-21(9-11)15(22)10-23-17-14(19)8-13(18)12-5-2-6-20-16(12)17/h2,5-6,8,11H,3-4,7,9-10H2,1H3. The Bertz CT molecular complexity index is 736. The van der Waals surface area contributed by atoms with Crippen LogP contribution >= 0.6 is 31.9 Å². The van der Waals surface area contributed by atoms with Crippen molar-refractivity contribution in [3.05, 3.63) is 33.3 Å². The molecule has 1 aliphatic heterocycles. The molecule has 2 heterocycles. The molecule has 1 atom stereocenters. The van der Waals surface area contributed by atoms with Crippen LogP contribution in [0.5, 0.6) is 5.75 Å². The van der Waals surface area contributed by atoms with Gasteiger partial charge in [-0.15, -0.1) is 0 Å². The first-order valence-corrected chi connectivity index (χ1v) is 9.28. The third-order valence-electron chi connectivity index (χ3n) is 4.10. The molecule has 0 saturated carbocycles. The Morgan fingerprint density at radius 3 is 3.04 bits per heavy atom. The smallest absolute Gasteiger partial charge is 0.260 e. The quantitative estimate of drug-likeness (QED) is 0.708. The highest BCUT2D eigenvalue weighted by Gasteiger charge is 2.22. The van der Waals surface area contributed by atoms with Crippen LogP contribution in [0.1, 0.15) is 19.8 Å². The van der Waals surface area contributed by atoms with E-state index in [0.29, 0.717) is 11.7 Å². The number of hydrogen-bond acceptors (Lipinski definition) is 3. The van der Waals surface area contributed by atoms with Gasteiger partial charge in [-0.25, -0.2) is 0 Å². The summed E-state index contributed by atoms with van der Waals surface area (Å²) in [5, 5.41) is 0.963. The summed E-state index contributed by atoms with van der Waals surface area (Å²) in [4.78, 5) is 18.7. The zero-order valence-electron chi connectivity index (χ0n) is 12.9. The van der Waals surface area contributed by atoms with Crippen LogP contribution < -0.4 is 4.74 Å². The zero-order valence-corrected chi connectivity index (χ0v) is 16.1. The number of hydrogen-bond donors (Lipinski definition) is 0. The van der Waals surface area contributed by atoms with Crippen molar-refractivity contribution in [2.24, 2.45) is 5.92 Å². The van der Waals surface area contributed by atoms with Gasteiger partial charge in [0.25, 0.3) is 5.91 Å². The molecule has 2 aromatic rings. The molecule has 3 rings (SSSR count). The average Bonchev–Trinajstić information content (AvgIpc) is 2.54. The summed E-state index contributed by atoms with van der Waals surface area (Å²) in [6.45, 7) is 3.87. The molecular weight excluding hydrogens is 424 g/mol. The lowest BCUT2D eigenvalue weighted by Crippen LogP contribution is -2.41. The minimum absolute atomic E-state index is 0.0375. The summed E-state index contributed by atoms with van der Waals surface area (Å²) in [7, 11) is 0. The first kappa shape index (κ1) is 16.7. The van der Waals surface area contributed by atoms with E-state index in [1.807, 2.05) is 23.1 Å². The molecule has 0 spiro atoms. The number of fused-ring (bicyclic) bond motifs is 1. The molecule has 1 aromatic heterocycles. The molecule has 23 heavy (non-hydrogen) atoms. The zero-order chi connectivity index (χ0) is 16.4. The molecule has 1 aliphatic rings. The molecule has 6 heteroatoms. The Balaban J connectivity index is 1.78. The van der Waals surface area contributed by atoms with Crippen molar-refractivity contribution in [1.82, 2.24) is 9.88 Å². The van der Waals surface area contributed by atoms with Crippen molar-refractivity contribution in [2.75, 3.05) is 19.7 Å². The van der Waals surface area contributed by atoms with Crippen LogP contribution in [0.2, 0.25) is 0 Å². The summed E-state index contributed by atoms with van der Waals surface area (Å²) in [5.41, 5.74) is 0.744. The van der Waals surface area contributed by atoms with Crippen LogP contribution in [0, 0.1) is 5.92 Å². The van der Waals surface area contributed by atoms with Gasteiger partial charge in [0, 0.05) is 29.1 Å². The maximum Gasteiger partial charge on any atom is 0.260 e. The SMILES string of the molecule is CC1CCCN(C(=O)COc2c(Br)cc(Br)c3cccnc23)C1. The van der Waals surface area contributed by atoms with Crippen LogP contribution in [0.25, 0.3) is 10.9 Å². The normalized spacial score (nSPS) is 18.2.